The van der Waals surface area contributed by atoms with Crippen LogP contribution in [0, 0.1) is 12.3 Å². The number of ether oxygens (including phenoxy) is 1. The fourth-order valence-corrected chi connectivity index (χ4v) is 1.56. The van der Waals surface area contributed by atoms with Crippen LogP contribution in [0.3, 0.4) is 0 Å². The fraction of sp³-hybridized carbons (Fsp3) is 0.400. The number of carbonyl (C=O) groups is 1. The second-order valence-electron chi connectivity index (χ2n) is 5.29. The molecule has 0 heterocycles. The highest BCUT2D eigenvalue weighted by Crippen LogP contribution is 2.25. The molecule has 1 amide bonds. The molecule has 0 saturated heterocycles. The molecular formula is C15H19NO3. The number of aromatic hydroxyl groups is 1. The van der Waals surface area contributed by atoms with Crippen molar-refractivity contribution in [3.63, 3.8) is 0 Å². The number of benzene rings is 1. The number of hydrogen-bond acceptors (Lipinski definition) is 3. The Morgan fingerprint density at radius 2 is 2.11 bits per heavy atom. The first-order chi connectivity index (χ1) is 8.73. The van der Waals surface area contributed by atoms with Crippen LogP contribution in [0.4, 0.5) is 4.79 Å². The topological polar surface area (TPSA) is 58.6 Å². The quantitative estimate of drug-likeness (QED) is 0.805. The van der Waals surface area contributed by atoms with Crippen molar-refractivity contribution in [2.45, 2.75) is 39.3 Å². The lowest BCUT2D eigenvalue weighted by Crippen LogP contribution is -2.34. The Bertz CT molecular complexity index is 509. The summed E-state index contributed by atoms with van der Waals surface area (Å²) in [7, 11) is 0. The molecule has 0 saturated carbocycles. The van der Waals surface area contributed by atoms with Crippen molar-refractivity contribution < 1.29 is 14.6 Å². The summed E-state index contributed by atoms with van der Waals surface area (Å²) in [5, 5.41) is 12.5. The Kier molecular flexibility index (Phi) is 4.44. The van der Waals surface area contributed by atoms with E-state index < -0.39 is 11.7 Å². The Hall–Kier alpha value is -2.15. The third-order valence-corrected chi connectivity index (χ3v) is 2.40. The number of hydrogen-bond donors (Lipinski definition) is 2. The number of rotatable bonds is 2. The van der Waals surface area contributed by atoms with Crippen molar-refractivity contribution in [2.75, 3.05) is 0 Å². The molecule has 0 bridgehead atoms. The summed E-state index contributed by atoms with van der Waals surface area (Å²) >= 11 is 0. The Morgan fingerprint density at radius 1 is 1.47 bits per heavy atom. The van der Waals surface area contributed by atoms with Gasteiger partial charge in [0.1, 0.15) is 11.4 Å². The molecule has 1 aromatic rings. The number of nitrogens with one attached hydrogen (secondary N) is 1. The van der Waals surface area contributed by atoms with Gasteiger partial charge in [0.15, 0.2) is 0 Å². The molecule has 4 nitrogen and oxygen atoms in total. The van der Waals surface area contributed by atoms with E-state index in [0.717, 1.165) is 0 Å². The van der Waals surface area contributed by atoms with E-state index in [1.54, 1.807) is 39.8 Å². The predicted octanol–water partition coefficient (Wildman–Crippen LogP) is 2.96. The van der Waals surface area contributed by atoms with E-state index in [2.05, 4.69) is 11.2 Å². The smallest absolute Gasteiger partial charge is 0.408 e. The van der Waals surface area contributed by atoms with Gasteiger partial charge in [0.2, 0.25) is 0 Å². The largest absolute Gasteiger partial charge is 0.508 e. The molecule has 0 aliphatic heterocycles. The van der Waals surface area contributed by atoms with Crippen molar-refractivity contribution in [1.29, 1.82) is 0 Å². The average Bonchev–Trinajstić information content (AvgIpc) is 2.25. The molecule has 0 aromatic heterocycles. The molecular weight excluding hydrogens is 242 g/mol. The third-order valence-electron chi connectivity index (χ3n) is 2.40. The van der Waals surface area contributed by atoms with Gasteiger partial charge in [0.05, 0.1) is 6.04 Å². The molecule has 0 spiro atoms. The van der Waals surface area contributed by atoms with E-state index in [4.69, 9.17) is 11.2 Å². The van der Waals surface area contributed by atoms with Crippen LogP contribution < -0.4 is 5.32 Å². The summed E-state index contributed by atoms with van der Waals surface area (Å²) < 4.78 is 5.15. The predicted molar refractivity (Wildman–Crippen MR) is 73.8 cm³/mol. The van der Waals surface area contributed by atoms with E-state index in [1.165, 1.54) is 6.07 Å². The van der Waals surface area contributed by atoms with E-state index in [1.807, 2.05) is 0 Å². The molecule has 0 aliphatic carbocycles. The van der Waals surface area contributed by atoms with E-state index in [0.29, 0.717) is 11.1 Å². The average molecular weight is 261 g/mol. The van der Waals surface area contributed by atoms with Gasteiger partial charge in [-0.05, 0) is 39.8 Å². The van der Waals surface area contributed by atoms with Crippen molar-refractivity contribution in [3.8, 4) is 18.1 Å². The molecule has 19 heavy (non-hydrogen) atoms. The van der Waals surface area contributed by atoms with Crippen LogP contribution >= 0.6 is 0 Å². The zero-order chi connectivity index (χ0) is 14.6. The van der Waals surface area contributed by atoms with Gasteiger partial charge in [-0.1, -0.05) is 12.0 Å². The number of phenols is 1. The first kappa shape index (κ1) is 14.9. The standard InChI is InChI=1S/C15H19NO3/c1-6-11-7-8-12(13(17)9-11)10(2)16-14(18)19-15(3,4)5/h1,7-10,17H,2-5H3,(H,16,18). The third kappa shape index (κ3) is 4.55. The summed E-state index contributed by atoms with van der Waals surface area (Å²) in [6.45, 7) is 7.12. The normalized spacial score (nSPS) is 12.4. The maximum absolute atomic E-state index is 11.6. The maximum atomic E-state index is 11.6. The zero-order valence-electron chi connectivity index (χ0n) is 11.7. The second kappa shape index (κ2) is 5.66. The molecule has 1 atom stereocenters. The lowest BCUT2D eigenvalue weighted by atomic mass is 10.0. The van der Waals surface area contributed by atoms with Crippen LogP contribution in [0.25, 0.3) is 0 Å². The number of carbonyl (C=O) groups excluding carboxylic acids is 1. The van der Waals surface area contributed by atoms with Gasteiger partial charge < -0.3 is 15.2 Å². The zero-order valence-corrected chi connectivity index (χ0v) is 11.7. The van der Waals surface area contributed by atoms with Crippen LogP contribution in [0.15, 0.2) is 18.2 Å². The lowest BCUT2D eigenvalue weighted by molar-refractivity contribution is 0.0507. The molecule has 4 heteroatoms. The molecule has 1 unspecified atom stereocenters. The summed E-state index contributed by atoms with van der Waals surface area (Å²) in [6, 6.07) is 4.51. The maximum Gasteiger partial charge on any atom is 0.408 e. The molecule has 0 fully saturated rings. The molecule has 0 aliphatic rings. The Labute approximate surface area is 113 Å². The van der Waals surface area contributed by atoms with Crippen molar-refractivity contribution >= 4 is 6.09 Å². The Morgan fingerprint density at radius 3 is 2.58 bits per heavy atom. The van der Waals surface area contributed by atoms with Crippen LogP contribution in [-0.4, -0.2) is 16.8 Å². The molecule has 102 valence electrons. The van der Waals surface area contributed by atoms with Gasteiger partial charge in [0.25, 0.3) is 0 Å². The summed E-state index contributed by atoms with van der Waals surface area (Å²) in [5.74, 6) is 2.49. The minimum atomic E-state index is -0.556. The summed E-state index contributed by atoms with van der Waals surface area (Å²) in [6.07, 6.45) is 4.72. The molecule has 1 rings (SSSR count). The molecule has 2 N–H and O–H groups in total. The second-order valence-corrected chi connectivity index (χ2v) is 5.29. The number of phenolic OH excluding ortho intramolecular Hbond substituents is 1. The van der Waals surface area contributed by atoms with Gasteiger partial charge >= 0.3 is 6.09 Å². The monoisotopic (exact) mass is 261 g/mol. The van der Waals surface area contributed by atoms with E-state index in [9.17, 15) is 9.90 Å². The van der Waals surface area contributed by atoms with Crippen LogP contribution in [-0.2, 0) is 4.74 Å². The number of terminal acetylenes is 1. The first-order valence-corrected chi connectivity index (χ1v) is 6.02. The number of amides is 1. The highest BCUT2D eigenvalue weighted by atomic mass is 16.6. The van der Waals surface area contributed by atoms with Crippen LogP contribution in [0.5, 0.6) is 5.75 Å². The van der Waals surface area contributed by atoms with Crippen LogP contribution in [0.1, 0.15) is 44.9 Å². The summed E-state index contributed by atoms with van der Waals surface area (Å²) in [5.41, 5.74) is 0.620. The van der Waals surface area contributed by atoms with Crippen molar-refractivity contribution in [1.82, 2.24) is 5.32 Å². The molecule has 0 radical (unpaired) electrons. The van der Waals surface area contributed by atoms with Gasteiger partial charge in [-0.25, -0.2) is 4.79 Å². The highest BCUT2D eigenvalue weighted by Gasteiger charge is 2.19. The minimum absolute atomic E-state index is 0.0546. The SMILES string of the molecule is C#Cc1ccc(C(C)NC(=O)OC(C)(C)C)c(O)c1. The van der Waals surface area contributed by atoms with Crippen LogP contribution in [0.2, 0.25) is 0 Å². The number of alkyl carbamates (subject to hydrolysis) is 1. The van der Waals surface area contributed by atoms with Gasteiger partial charge in [-0.15, -0.1) is 6.42 Å². The molecule has 1 aromatic carbocycles. The van der Waals surface area contributed by atoms with E-state index >= 15 is 0 Å². The fourth-order valence-electron chi connectivity index (χ4n) is 1.56. The Balaban J connectivity index is 2.76. The van der Waals surface area contributed by atoms with E-state index in [-0.39, 0.29) is 11.8 Å². The highest BCUT2D eigenvalue weighted by molar-refractivity contribution is 5.68. The van der Waals surface area contributed by atoms with Crippen molar-refractivity contribution in [2.24, 2.45) is 0 Å². The van der Waals surface area contributed by atoms with Gasteiger partial charge in [-0.2, -0.15) is 0 Å². The van der Waals surface area contributed by atoms with Crippen molar-refractivity contribution in [3.05, 3.63) is 29.3 Å². The van der Waals surface area contributed by atoms with Gasteiger partial charge in [-0.3, -0.25) is 0 Å². The summed E-state index contributed by atoms with van der Waals surface area (Å²) in [4.78, 5) is 11.6. The van der Waals surface area contributed by atoms with Gasteiger partial charge in [0, 0.05) is 11.1 Å². The minimum Gasteiger partial charge on any atom is -0.508 e. The lowest BCUT2D eigenvalue weighted by Gasteiger charge is -2.22. The first-order valence-electron chi connectivity index (χ1n) is 6.02.